The molecule has 0 radical (unpaired) electrons. The van der Waals surface area contributed by atoms with E-state index in [-0.39, 0.29) is 6.04 Å². The lowest BCUT2D eigenvalue weighted by Gasteiger charge is -2.14. The van der Waals surface area contributed by atoms with E-state index in [4.69, 9.17) is 16.3 Å². The standard InChI is InChI=1S/C11H20ClN3O/c1-4-9-5-11(15(2)14-9)7-13-10(6-12)8-16-3/h5,10,13H,4,6-8H2,1-3H3. The highest BCUT2D eigenvalue weighted by Crippen LogP contribution is 2.04. The molecule has 92 valence electrons. The Morgan fingerprint density at radius 3 is 2.88 bits per heavy atom. The van der Waals surface area contributed by atoms with Crippen molar-refractivity contribution in [2.24, 2.45) is 7.05 Å². The lowest BCUT2D eigenvalue weighted by atomic mass is 10.3. The third kappa shape index (κ3) is 3.77. The fourth-order valence-electron chi connectivity index (χ4n) is 1.52. The van der Waals surface area contributed by atoms with Gasteiger partial charge in [-0.05, 0) is 12.5 Å². The summed E-state index contributed by atoms with van der Waals surface area (Å²) >= 11 is 5.82. The molecule has 1 atom stereocenters. The average molecular weight is 246 g/mol. The van der Waals surface area contributed by atoms with E-state index in [1.54, 1.807) is 7.11 Å². The normalized spacial score (nSPS) is 13.0. The van der Waals surface area contributed by atoms with E-state index in [1.807, 2.05) is 11.7 Å². The first-order valence-electron chi connectivity index (χ1n) is 5.51. The smallest absolute Gasteiger partial charge is 0.0627 e. The molecule has 0 aromatic carbocycles. The second-order valence-electron chi connectivity index (χ2n) is 3.79. The van der Waals surface area contributed by atoms with Gasteiger partial charge in [-0.2, -0.15) is 5.10 Å². The fraction of sp³-hybridized carbons (Fsp3) is 0.727. The van der Waals surface area contributed by atoms with Gasteiger partial charge in [0.2, 0.25) is 0 Å². The van der Waals surface area contributed by atoms with Crippen molar-refractivity contribution in [1.29, 1.82) is 0 Å². The number of methoxy groups -OCH3 is 1. The number of rotatable bonds is 7. The molecule has 0 saturated carbocycles. The number of alkyl halides is 1. The number of ether oxygens (including phenoxy) is 1. The van der Waals surface area contributed by atoms with Crippen molar-refractivity contribution in [3.05, 3.63) is 17.5 Å². The highest BCUT2D eigenvalue weighted by molar-refractivity contribution is 6.18. The number of nitrogens with one attached hydrogen (secondary N) is 1. The zero-order valence-corrected chi connectivity index (χ0v) is 10.9. The molecule has 0 saturated heterocycles. The summed E-state index contributed by atoms with van der Waals surface area (Å²) in [5.41, 5.74) is 2.29. The van der Waals surface area contributed by atoms with Crippen molar-refractivity contribution >= 4 is 11.6 Å². The predicted molar refractivity (Wildman–Crippen MR) is 65.8 cm³/mol. The molecule has 1 heterocycles. The van der Waals surface area contributed by atoms with E-state index >= 15 is 0 Å². The van der Waals surface area contributed by atoms with Crippen molar-refractivity contribution in [2.45, 2.75) is 25.9 Å². The summed E-state index contributed by atoms with van der Waals surface area (Å²) in [7, 11) is 3.64. The molecule has 1 rings (SSSR count). The van der Waals surface area contributed by atoms with E-state index in [2.05, 4.69) is 23.4 Å². The maximum Gasteiger partial charge on any atom is 0.0627 e. The Balaban J connectivity index is 2.49. The first kappa shape index (κ1) is 13.5. The number of nitrogens with zero attached hydrogens (tertiary/aromatic N) is 2. The Labute approximate surface area is 102 Å². The van der Waals surface area contributed by atoms with Crippen LogP contribution in [0.15, 0.2) is 6.07 Å². The van der Waals surface area contributed by atoms with Crippen LogP contribution in [0.25, 0.3) is 0 Å². The summed E-state index contributed by atoms with van der Waals surface area (Å²) < 4.78 is 6.98. The van der Waals surface area contributed by atoms with E-state index in [9.17, 15) is 0 Å². The fourth-order valence-corrected chi connectivity index (χ4v) is 1.72. The maximum absolute atomic E-state index is 5.82. The van der Waals surface area contributed by atoms with Gasteiger partial charge in [-0.25, -0.2) is 0 Å². The Morgan fingerprint density at radius 2 is 2.38 bits per heavy atom. The lowest BCUT2D eigenvalue weighted by Crippen LogP contribution is -2.34. The van der Waals surface area contributed by atoms with E-state index in [1.165, 1.54) is 5.69 Å². The number of aromatic nitrogens is 2. The summed E-state index contributed by atoms with van der Waals surface area (Å²) in [5.74, 6) is 0.548. The van der Waals surface area contributed by atoms with Gasteiger partial charge in [0.15, 0.2) is 0 Å². The zero-order chi connectivity index (χ0) is 12.0. The van der Waals surface area contributed by atoms with Crippen molar-refractivity contribution in [3.8, 4) is 0 Å². The monoisotopic (exact) mass is 245 g/mol. The Kier molecular flexibility index (Phi) is 5.80. The first-order valence-corrected chi connectivity index (χ1v) is 6.04. The van der Waals surface area contributed by atoms with Gasteiger partial charge in [-0.3, -0.25) is 4.68 Å². The Hall–Kier alpha value is -0.580. The van der Waals surface area contributed by atoms with Crippen LogP contribution in [0.1, 0.15) is 18.3 Å². The molecule has 0 spiro atoms. The van der Waals surface area contributed by atoms with Gasteiger partial charge in [0, 0.05) is 32.6 Å². The Morgan fingerprint density at radius 1 is 1.62 bits per heavy atom. The molecule has 0 aliphatic carbocycles. The van der Waals surface area contributed by atoms with Crippen LogP contribution >= 0.6 is 11.6 Å². The minimum Gasteiger partial charge on any atom is -0.383 e. The van der Waals surface area contributed by atoms with Crippen LogP contribution in [0.3, 0.4) is 0 Å². The lowest BCUT2D eigenvalue weighted by molar-refractivity contribution is 0.172. The van der Waals surface area contributed by atoms with Crippen LogP contribution in [-0.4, -0.2) is 35.4 Å². The van der Waals surface area contributed by atoms with E-state index in [0.717, 1.165) is 18.7 Å². The molecule has 0 aliphatic rings. The van der Waals surface area contributed by atoms with Crippen LogP contribution in [0, 0.1) is 0 Å². The van der Waals surface area contributed by atoms with Gasteiger partial charge >= 0.3 is 0 Å². The largest absolute Gasteiger partial charge is 0.383 e. The molecule has 5 heteroatoms. The molecule has 4 nitrogen and oxygen atoms in total. The van der Waals surface area contributed by atoms with Crippen LogP contribution in [0.2, 0.25) is 0 Å². The van der Waals surface area contributed by atoms with E-state index in [0.29, 0.717) is 12.5 Å². The number of hydrogen-bond donors (Lipinski definition) is 1. The Bertz CT molecular complexity index is 314. The first-order chi connectivity index (χ1) is 7.71. The van der Waals surface area contributed by atoms with Gasteiger partial charge in [0.1, 0.15) is 0 Å². The quantitative estimate of drug-likeness (QED) is 0.737. The van der Waals surface area contributed by atoms with Crippen molar-refractivity contribution < 1.29 is 4.74 Å². The molecule has 0 fully saturated rings. The molecule has 1 N–H and O–H groups in total. The van der Waals surface area contributed by atoms with Crippen LogP contribution in [0.4, 0.5) is 0 Å². The number of hydrogen-bond acceptors (Lipinski definition) is 3. The third-order valence-electron chi connectivity index (χ3n) is 2.52. The van der Waals surface area contributed by atoms with Gasteiger partial charge < -0.3 is 10.1 Å². The topological polar surface area (TPSA) is 39.1 Å². The molecule has 16 heavy (non-hydrogen) atoms. The number of halogens is 1. The summed E-state index contributed by atoms with van der Waals surface area (Å²) in [5, 5.41) is 7.74. The molecule has 1 aromatic rings. The summed E-state index contributed by atoms with van der Waals surface area (Å²) in [6.07, 6.45) is 0.963. The highest BCUT2D eigenvalue weighted by atomic mass is 35.5. The molecular weight excluding hydrogens is 226 g/mol. The molecular formula is C11H20ClN3O. The molecule has 0 bridgehead atoms. The summed E-state index contributed by atoms with van der Waals surface area (Å²) in [6.45, 7) is 3.50. The molecule has 0 aliphatic heterocycles. The highest BCUT2D eigenvalue weighted by Gasteiger charge is 2.08. The van der Waals surface area contributed by atoms with Gasteiger partial charge in [-0.1, -0.05) is 6.92 Å². The van der Waals surface area contributed by atoms with Crippen molar-refractivity contribution in [3.63, 3.8) is 0 Å². The van der Waals surface area contributed by atoms with Crippen LogP contribution in [-0.2, 0) is 24.8 Å². The number of aryl methyl sites for hydroxylation is 2. The second kappa shape index (κ2) is 6.89. The van der Waals surface area contributed by atoms with Gasteiger partial charge in [0.05, 0.1) is 18.0 Å². The van der Waals surface area contributed by atoms with Crippen molar-refractivity contribution in [2.75, 3.05) is 19.6 Å². The minimum atomic E-state index is 0.187. The average Bonchev–Trinajstić information content (AvgIpc) is 2.65. The van der Waals surface area contributed by atoms with Crippen LogP contribution < -0.4 is 5.32 Å². The third-order valence-corrected chi connectivity index (χ3v) is 2.89. The SMILES string of the molecule is CCc1cc(CNC(CCl)COC)n(C)n1. The minimum absolute atomic E-state index is 0.187. The molecule has 1 aromatic heterocycles. The predicted octanol–water partition coefficient (Wildman–Crippen LogP) is 1.33. The summed E-state index contributed by atoms with van der Waals surface area (Å²) in [6, 6.07) is 2.30. The van der Waals surface area contributed by atoms with E-state index < -0.39 is 0 Å². The molecule has 0 amide bonds. The van der Waals surface area contributed by atoms with Gasteiger partial charge in [-0.15, -0.1) is 11.6 Å². The van der Waals surface area contributed by atoms with Crippen LogP contribution in [0.5, 0.6) is 0 Å². The maximum atomic E-state index is 5.82. The summed E-state index contributed by atoms with van der Waals surface area (Å²) in [4.78, 5) is 0. The van der Waals surface area contributed by atoms with Gasteiger partial charge in [0.25, 0.3) is 0 Å². The molecule has 1 unspecified atom stereocenters. The van der Waals surface area contributed by atoms with Crippen molar-refractivity contribution in [1.82, 2.24) is 15.1 Å². The second-order valence-corrected chi connectivity index (χ2v) is 4.10. The zero-order valence-electron chi connectivity index (χ0n) is 10.2.